The van der Waals surface area contributed by atoms with E-state index in [1.165, 1.54) is 6.07 Å². The van der Waals surface area contributed by atoms with Gasteiger partial charge >= 0.3 is 5.97 Å². The normalized spacial score (nSPS) is 13.3. The predicted molar refractivity (Wildman–Crippen MR) is 70.6 cm³/mol. The van der Waals surface area contributed by atoms with E-state index < -0.39 is 27.7 Å². The molecule has 0 aliphatic carbocycles. The summed E-state index contributed by atoms with van der Waals surface area (Å²) in [6.45, 7) is 0. The molecule has 1 rings (SSSR count). The first-order valence-corrected chi connectivity index (χ1v) is 8.33. The Kier molecular flexibility index (Phi) is 4.94. The van der Waals surface area contributed by atoms with Gasteiger partial charge in [0.2, 0.25) is 0 Å². The molecule has 5 nitrogen and oxygen atoms in total. The lowest BCUT2D eigenvalue weighted by atomic mass is 10.1. The first kappa shape index (κ1) is 15.9. The van der Waals surface area contributed by atoms with Gasteiger partial charge in [-0.15, -0.1) is 11.8 Å². The van der Waals surface area contributed by atoms with E-state index in [-0.39, 0.29) is 21.8 Å². The SMILES string of the molecule is CSc1c(F)cc(CC(N)C(=O)O)cc1S(C)(=O)=O. The van der Waals surface area contributed by atoms with Crippen LogP contribution in [0.5, 0.6) is 0 Å². The Labute approximate surface area is 114 Å². The van der Waals surface area contributed by atoms with Crippen molar-refractivity contribution in [2.75, 3.05) is 12.5 Å². The minimum absolute atomic E-state index is 0.0233. The maximum atomic E-state index is 13.8. The first-order chi connectivity index (χ1) is 8.66. The van der Waals surface area contributed by atoms with Crippen molar-refractivity contribution in [1.82, 2.24) is 0 Å². The smallest absolute Gasteiger partial charge is 0.320 e. The summed E-state index contributed by atoms with van der Waals surface area (Å²) in [6.07, 6.45) is 2.40. The van der Waals surface area contributed by atoms with Crippen molar-refractivity contribution < 1.29 is 22.7 Å². The van der Waals surface area contributed by atoms with Gasteiger partial charge in [0.1, 0.15) is 11.9 Å². The monoisotopic (exact) mass is 307 g/mol. The van der Waals surface area contributed by atoms with Gasteiger partial charge in [0, 0.05) is 6.26 Å². The molecule has 1 unspecified atom stereocenters. The summed E-state index contributed by atoms with van der Waals surface area (Å²) in [6, 6.07) is 1.18. The molecule has 0 bridgehead atoms. The van der Waals surface area contributed by atoms with Crippen LogP contribution >= 0.6 is 11.8 Å². The summed E-state index contributed by atoms with van der Waals surface area (Å²) in [7, 11) is -3.60. The highest BCUT2D eigenvalue weighted by molar-refractivity contribution is 7.99. The van der Waals surface area contributed by atoms with Crippen molar-refractivity contribution in [3.05, 3.63) is 23.5 Å². The number of carboxylic acids is 1. The Morgan fingerprint density at radius 2 is 2.11 bits per heavy atom. The summed E-state index contributed by atoms with van der Waals surface area (Å²) in [5.41, 5.74) is 5.59. The Balaban J connectivity index is 3.32. The largest absolute Gasteiger partial charge is 0.480 e. The summed E-state index contributed by atoms with van der Waals surface area (Å²) >= 11 is 0.981. The minimum Gasteiger partial charge on any atom is -0.480 e. The fraction of sp³-hybridized carbons (Fsp3) is 0.364. The maximum absolute atomic E-state index is 13.8. The van der Waals surface area contributed by atoms with Gasteiger partial charge in [0.25, 0.3) is 0 Å². The fourth-order valence-corrected chi connectivity index (χ4v) is 3.57. The molecule has 0 aromatic heterocycles. The topological polar surface area (TPSA) is 97.5 Å². The molecule has 0 spiro atoms. The van der Waals surface area contributed by atoms with Gasteiger partial charge in [0.15, 0.2) is 9.84 Å². The third-order valence-corrected chi connectivity index (χ3v) is 4.52. The number of rotatable bonds is 5. The van der Waals surface area contributed by atoms with Crippen LogP contribution in [0.2, 0.25) is 0 Å². The summed E-state index contributed by atoms with van der Waals surface area (Å²) in [5, 5.41) is 8.70. The van der Waals surface area contributed by atoms with Crippen molar-refractivity contribution in [1.29, 1.82) is 0 Å². The lowest BCUT2D eigenvalue weighted by molar-refractivity contribution is -0.138. The van der Waals surface area contributed by atoms with Crippen molar-refractivity contribution >= 4 is 27.6 Å². The highest BCUT2D eigenvalue weighted by Gasteiger charge is 2.20. The molecular formula is C11H14FNO4S2. The number of carboxylic acid groups (broad SMARTS) is 1. The average Bonchev–Trinajstić information content (AvgIpc) is 2.26. The van der Waals surface area contributed by atoms with Crippen LogP contribution in [0.25, 0.3) is 0 Å². The van der Waals surface area contributed by atoms with E-state index >= 15 is 0 Å². The lowest BCUT2D eigenvalue weighted by Gasteiger charge is -2.12. The molecule has 0 saturated heterocycles. The fourth-order valence-electron chi connectivity index (χ4n) is 1.55. The van der Waals surface area contributed by atoms with Gasteiger partial charge in [-0.3, -0.25) is 4.79 Å². The number of nitrogens with two attached hydrogens (primary N) is 1. The van der Waals surface area contributed by atoms with Gasteiger partial charge in [-0.05, 0) is 30.4 Å². The van der Waals surface area contributed by atoms with E-state index in [9.17, 15) is 17.6 Å². The third kappa shape index (κ3) is 3.92. The quantitative estimate of drug-likeness (QED) is 0.785. The van der Waals surface area contributed by atoms with Gasteiger partial charge in [-0.1, -0.05) is 0 Å². The van der Waals surface area contributed by atoms with Crippen LogP contribution in [-0.4, -0.2) is 38.0 Å². The number of halogens is 1. The number of aliphatic carboxylic acids is 1. The molecule has 0 radical (unpaired) electrons. The van der Waals surface area contributed by atoms with E-state index in [1.54, 1.807) is 6.26 Å². The highest BCUT2D eigenvalue weighted by Crippen LogP contribution is 2.29. The Morgan fingerprint density at radius 1 is 1.53 bits per heavy atom. The summed E-state index contributed by atoms with van der Waals surface area (Å²) < 4.78 is 37.0. The number of sulfone groups is 1. The number of benzene rings is 1. The second kappa shape index (κ2) is 5.89. The number of hydrogen-bond acceptors (Lipinski definition) is 5. The maximum Gasteiger partial charge on any atom is 0.320 e. The summed E-state index contributed by atoms with van der Waals surface area (Å²) in [4.78, 5) is 10.5. The van der Waals surface area contributed by atoms with Gasteiger partial charge < -0.3 is 10.8 Å². The van der Waals surface area contributed by atoms with Crippen molar-refractivity contribution in [2.24, 2.45) is 5.73 Å². The van der Waals surface area contributed by atoms with E-state index in [2.05, 4.69) is 0 Å². The summed E-state index contributed by atoms with van der Waals surface area (Å²) in [5.74, 6) is -1.92. The molecule has 0 saturated carbocycles. The van der Waals surface area contributed by atoms with E-state index in [0.717, 1.165) is 24.1 Å². The molecule has 0 fully saturated rings. The van der Waals surface area contributed by atoms with Crippen LogP contribution in [0.1, 0.15) is 5.56 Å². The molecule has 0 aliphatic rings. The zero-order valence-corrected chi connectivity index (χ0v) is 12.0. The minimum atomic E-state index is -3.60. The molecule has 1 atom stereocenters. The number of thioether (sulfide) groups is 1. The molecule has 0 aliphatic heterocycles. The molecule has 3 N–H and O–H groups in total. The second-order valence-electron chi connectivity index (χ2n) is 4.03. The lowest BCUT2D eigenvalue weighted by Crippen LogP contribution is -2.32. The Hall–Kier alpha value is -1.12. The number of hydrogen-bond donors (Lipinski definition) is 2. The Morgan fingerprint density at radius 3 is 2.53 bits per heavy atom. The Bertz CT molecular complexity index is 601. The molecule has 106 valence electrons. The zero-order chi connectivity index (χ0) is 14.8. The molecule has 1 aromatic rings. The third-order valence-electron chi connectivity index (χ3n) is 2.45. The van der Waals surface area contributed by atoms with Crippen LogP contribution < -0.4 is 5.73 Å². The molecule has 1 aromatic carbocycles. The second-order valence-corrected chi connectivity index (χ2v) is 6.83. The average molecular weight is 307 g/mol. The van der Waals surface area contributed by atoms with Crippen LogP contribution in [0.15, 0.2) is 21.9 Å². The van der Waals surface area contributed by atoms with Crippen molar-refractivity contribution in [2.45, 2.75) is 22.3 Å². The molecule has 0 amide bonds. The van der Waals surface area contributed by atoms with Gasteiger partial charge in [-0.25, -0.2) is 12.8 Å². The van der Waals surface area contributed by atoms with Crippen molar-refractivity contribution in [3.8, 4) is 0 Å². The predicted octanol–water partition coefficient (Wildman–Crippen LogP) is 0.906. The molecule has 0 heterocycles. The molecule has 8 heteroatoms. The van der Waals surface area contributed by atoms with E-state index in [0.29, 0.717) is 0 Å². The number of carbonyl (C=O) groups is 1. The van der Waals surface area contributed by atoms with E-state index in [1.807, 2.05) is 0 Å². The van der Waals surface area contributed by atoms with E-state index in [4.69, 9.17) is 10.8 Å². The standard InChI is InChI=1S/C11H14FNO4S2/c1-18-10-7(12)3-6(4-8(13)11(14)15)5-9(10)19(2,16)17/h3,5,8H,4,13H2,1-2H3,(H,14,15). The highest BCUT2D eigenvalue weighted by atomic mass is 32.2. The van der Waals surface area contributed by atoms with Gasteiger partial charge in [-0.2, -0.15) is 0 Å². The molecular weight excluding hydrogens is 293 g/mol. The molecule has 19 heavy (non-hydrogen) atoms. The van der Waals surface area contributed by atoms with Crippen LogP contribution in [0.4, 0.5) is 4.39 Å². The van der Waals surface area contributed by atoms with Crippen molar-refractivity contribution in [3.63, 3.8) is 0 Å². The van der Waals surface area contributed by atoms with Crippen LogP contribution in [-0.2, 0) is 21.1 Å². The van der Waals surface area contributed by atoms with Gasteiger partial charge in [0.05, 0.1) is 9.79 Å². The zero-order valence-electron chi connectivity index (χ0n) is 10.4. The van der Waals surface area contributed by atoms with Crippen LogP contribution in [0.3, 0.4) is 0 Å². The first-order valence-electron chi connectivity index (χ1n) is 5.21. The van der Waals surface area contributed by atoms with Crippen LogP contribution in [0, 0.1) is 5.82 Å².